The molecule has 0 aliphatic carbocycles. The van der Waals surface area contributed by atoms with Gasteiger partial charge in [0.05, 0.1) is 10.0 Å². The third-order valence-corrected chi connectivity index (χ3v) is 3.06. The first-order chi connectivity index (χ1) is 8.52. The summed E-state index contributed by atoms with van der Waals surface area (Å²) in [6, 6.07) is 3.95. The third kappa shape index (κ3) is 2.48. The van der Waals surface area contributed by atoms with Crippen molar-refractivity contribution < 1.29 is 9.18 Å². The summed E-state index contributed by atoms with van der Waals surface area (Å²) in [7, 11) is 0. The van der Waals surface area contributed by atoms with Gasteiger partial charge < -0.3 is 0 Å². The van der Waals surface area contributed by atoms with Gasteiger partial charge in [-0.25, -0.2) is 4.39 Å². The maximum absolute atomic E-state index is 13.8. The Balaban J connectivity index is 2.66. The average molecular weight is 305 g/mol. The van der Waals surface area contributed by atoms with E-state index >= 15 is 0 Å². The molecule has 0 aliphatic rings. The topological polar surface area (TPSA) is 30.0 Å². The highest BCUT2D eigenvalue weighted by Crippen LogP contribution is 2.37. The molecule has 1 heterocycles. The molecule has 0 unspecified atom stereocenters. The van der Waals surface area contributed by atoms with Gasteiger partial charge in [0.2, 0.25) is 0 Å². The second-order valence-electron chi connectivity index (χ2n) is 3.46. The highest BCUT2D eigenvalue weighted by Gasteiger charge is 2.16. The molecule has 2 aromatic rings. The van der Waals surface area contributed by atoms with E-state index in [4.69, 9.17) is 34.8 Å². The van der Waals surface area contributed by atoms with E-state index in [-0.39, 0.29) is 26.9 Å². The van der Waals surface area contributed by atoms with Crippen LogP contribution in [-0.4, -0.2) is 11.3 Å². The second kappa shape index (κ2) is 5.22. The Morgan fingerprint density at radius 3 is 2.22 bits per heavy atom. The number of carbonyl (C=O) groups is 1. The molecule has 0 saturated carbocycles. The van der Waals surface area contributed by atoms with Gasteiger partial charge in [-0.1, -0.05) is 34.8 Å². The lowest BCUT2D eigenvalue weighted by Gasteiger charge is -2.08. The van der Waals surface area contributed by atoms with Crippen molar-refractivity contribution in [2.75, 3.05) is 0 Å². The van der Waals surface area contributed by atoms with Crippen molar-refractivity contribution in [1.29, 1.82) is 0 Å². The van der Waals surface area contributed by atoms with Crippen molar-refractivity contribution in [3.05, 3.63) is 50.8 Å². The fourth-order valence-corrected chi connectivity index (χ4v) is 2.47. The zero-order chi connectivity index (χ0) is 13.3. The van der Waals surface area contributed by atoms with E-state index in [2.05, 4.69) is 4.98 Å². The summed E-state index contributed by atoms with van der Waals surface area (Å²) in [6.45, 7) is 0. The largest absolute Gasteiger partial charge is 0.298 e. The van der Waals surface area contributed by atoms with Crippen molar-refractivity contribution in [2.45, 2.75) is 0 Å². The second-order valence-corrected chi connectivity index (χ2v) is 4.71. The average Bonchev–Trinajstić information content (AvgIpc) is 2.29. The van der Waals surface area contributed by atoms with E-state index in [0.29, 0.717) is 11.3 Å². The lowest BCUT2D eigenvalue weighted by Crippen LogP contribution is -1.94. The van der Waals surface area contributed by atoms with Crippen LogP contribution in [0.25, 0.3) is 11.3 Å². The van der Waals surface area contributed by atoms with E-state index in [1.165, 1.54) is 18.3 Å². The number of hydrogen-bond donors (Lipinski definition) is 0. The molecule has 1 aromatic heterocycles. The van der Waals surface area contributed by atoms with Crippen molar-refractivity contribution in [1.82, 2.24) is 4.98 Å². The molecule has 0 bridgehead atoms. The van der Waals surface area contributed by atoms with Crippen LogP contribution in [-0.2, 0) is 0 Å². The number of rotatable bonds is 2. The number of benzene rings is 1. The molecule has 0 radical (unpaired) electrons. The molecule has 0 N–H and O–H groups in total. The number of hydrogen-bond acceptors (Lipinski definition) is 2. The van der Waals surface area contributed by atoms with Gasteiger partial charge in [-0.15, -0.1) is 0 Å². The minimum atomic E-state index is -0.675. The molecular weight excluding hydrogens is 299 g/mol. The summed E-state index contributed by atoms with van der Waals surface area (Å²) in [5.74, 6) is -0.675. The Bertz CT molecular complexity index is 608. The minimum absolute atomic E-state index is 0.0210. The first-order valence-electron chi connectivity index (χ1n) is 4.78. The zero-order valence-electron chi connectivity index (χ0n) is 8.75. The van der Waals surface area contributed by atoms with Crippen LogP contribution in [0.4, 0.5) is 4.39 Å². The molecule has 0 aliphatic heterocycles. The Labute approximate surface area is 117 Å². The Hall–Kier alpha value is -1.16. The van der Waals surface area contributed by atoms with Gasteiger partial charge in [-0.05, 0) is 18.2 Å². The predicted octanol–water partition coefficient (Wildman–Crippen LogP) is 4.66. The van der Waals surface area contributed by atoms with E-state index < -0.39 is 5.82 Å². The summed E-state index contributed by atoms with van der Waals surface area (Å²) in [4.78, 5) is 14.4. The predicted molar refractivity (Wildman–Crippen MR) is 70.0 cm³/mol. The lowest BCUT2D eigenvalue weighted by molar-refractivity contribution is 0.112. The van der Waals surface area contributed by atoms with Crippen LogP contribution in [0, 0.1) is 5.82 Å². The summed E-state index contributed by atoms with van der Waals surface area (Å²) >= 11 is 17.7. The molecule has 0 amide bonds. The van der Waals surface area contributed by atoms with E-state index in [0.717, 1.165) is 6.07 Å². The molecule has 0 saturated heterocycles. The van der Waals surface area contributed by atoms with Gasteiger partial charge in [0.1, 0.15) is 11.5 Å². The van der Waals surface area contributed by atoms with Gasteiger partial charge in [0, 0.05) is 22.3 Å². The first-order valence-corrected chi connectivity index (χ1v) is 5.92. The maximum atomic E-state index is 13.8. The van der Waals surface area contributed by atoms with E-state index in [1.807, 2.05) is 0 Å². The summed E-state index contributed by atoms with van der Waals surface area (Å²) in [5.41, 5.74) is 0.363. The fraction of sp³-hybridized carbons (Fsp3) is 0. The van der Waals surface area contributed by atoms with Crippen LogP contribution < -0.4 is 0 Å². The van der Waals surface area contributed by atoms with Gasteiger partial charge in [-0.2, -0.15) is 0 Å². The number of aromatic nitrogens is 1. The van der Waals surface area contributed by atoms with E-state index in [9.17, 15) is 9.18 Å². The Morgan fingerprint density at radius 2 is 1.72 bits per heavy atom. The SMILES string of the molecule is O=Cc1cnc(-c2c(Cl)cc(Cl)cc2Cl)c(F)c1. The molecule has 2 nitrogen and oxygen atoms in total. The standard InChI is InChI=1S/C12H5Cl3FNO/c13-7-2-8(14)11(9(15)3-7)12-10(16)1-6(5-18)4-17-12/h1-5H. The quantitative estimate of drug-likeness (QED) is 0.755. The van der Waals surface area contributed by atoms with Crippen LogP contribution in [0.5, 0.6) is 0 Å². The molecule has 6 heteroatoms. The number of aldehydes is 1. The molecule has 18 heavy (non-hydrogen) atoms. The fourth-order valence-electron chi connectivity index (χ4n) is 1.47. The van der Waals surface area contributed by atoms with Gasteiger partial charge in [-0.3, -0.25) is 9.78 Å². The highest BCUT2D eigenvalue weighted by atomic mass is 35.5. The van der Waals surface area contributed by atoms with Gasteiger partial charge in [0.25, 0.3) is 0 Å². The smallest absolute Gasteiger partial charge is 0.151 e. The van der Waals surface area contributed by atoms with Gasteiger partial charge >= 0.3 is 0 Å². The van der Waals surface area contributed by atoms with Crippen molar-refractivity contribution in [3.8, 4) is 11.3 Å². The maximum Gasteiger partial charge on any atom is 0.151 e. The molecular formula is C12H5Cl3FNO. The zero-order valence-corrected chi connectivity index (χ0v) is 11.0. The number of nitrogens with zero attached hydrogens (tertiary/aromatic N) is 1. The van der Waals surface area contributed by atoms with Gasteiger partial charge in [0.15, 0.2) is 6.29 Å². The third-order valence-electron chi connectivity index (χ3n) is 2.24. The Kier molecular flexibility index (Phi) is 3.85. The molecule has 1 aromatic carbocycles. The van der Waals surface area contributed by atoms with Crippen molar-refractivity contribution >= 4 is 41.1 Å². The molecule has 0 atom stereocenters. The molecule has 2 rings (SSSR count). The minimum Gasteiger partial charge on any atom is -0.298 e. The van der Waals surface area contributed by atoms with Crippen LogP contribution in [0.15, 0.2) is 24.4 Å². The number of pyridine rings is 1. The highest BCUT2D eigenvalue weighted by molar-refractivity contribution is 6.41. The number of halogens is 4. The summed E-state index contributed by atoms with van der Waals surface area (Å²) in [5, 5.41) is 0.731. The van der Waals surface area contributed by atoms with Crippen LogP contribution in [0.3, 0.4) is 0 Å². The van der Waals surface area contributed by atoms with Crippen molar-refractivity contribution in [2.24, 2.45) is 0 Å². The van der Waals surface area contributed by atoms with Crippen LogP contribution in [0.2, 0.25) is 15.1 Å². The molecule has 0 spiro atoms. The Morgan fingerprint density at radius 1 is 1.11 bits per heavy atom. The molecule has 0 fully saturated rings. The summed E-state index contributed by atoms with van der Waals surface area (Å²) in [6.07, 6.45) is 1.75. The number of carbonyl (C=O) groups excluding carboxylic acids is 1. The van der Waals surface area contributed by atoms with Crippen LogP contribution in [0.1, 0.15) is 10.4 Å². The summed E-state index contributed by atoms with van der Waals surface area (Å²) < 4.78 is 13.8. The van der Waals surface area contributed by atoms with Crippen molar-refractivity contribution in [3.63, 3.8) is 0 Å². The van der Waals surface area contributed by atoms with E-state index in [1.54, 1.807) is 0 Å². The molecule has 92 valence electrons. The lowest BCUT2D eigenvalue weighted by atomic mass is 10.1. The monoisotopic (exact) mass is 303 g/mol. The first kappa shape index (κ1) is 13.3. The normalized spacial score (nSPS) is 10.4. The van der Waals surface area contributed by atoms with Crippen LogP contribution >= 0.6 is 34.8 Å².